The molecule has 1 aromatic heterocycles. The van der Waals surface area contributed by atoms with Gasteiger partial charge in [-0.3, -0.25) is 9.59 Å². The molecule has 0 saturated heterocycles. The molecule has 1 atom stereocenters. The SMILES string of the molecule is CCC(=O)N1CCc2cc(C(=O)N3CCn4cccc4[C@@H]3c3ccccc3)ccc21. The van der Waals surface area contributed by atoms with Gasteiger partial charge < -0.3 is 14.4 Å². The number of carbonyl (C=O) groups is 2. The van der Waals surface area contributed by atoms with Gasteiger partial charge in [-0.2, -0.15) is 0 Å². The Morgan fingerprint density at radius 1 is 0.967 bits per heavy atom. The van der Waals surface area contributed by atoms with Crippen molar-refractivity contribution in [3.63, 3.8) is 0 Å². The summed E-state index contributed by atoms with van der Waals surface area (Å²) >= 11 is 0. The van der Waals surface area contributed by atoms with Crippen molar-refractivity contribution in [3.8, 4) is 0 Å². The third kappa shape index (κ3) is 3.02. The van der Waals surface area contributed by atoms with Crippen LogP contribution in [-0.4, -0.2) is 34.4 Å². The summed E-state index contributed by atoms with van der Waals surface area (Å²) < 4.78 is 2.23. The van der Waals surface area contributed by atoms with Crippen molar-refractivity contribution in [2.45, 2.75) is 32.4 Å². The smallest absolute Gasteiger partial charge is 0.254 e. The molecule has 0 unspecified atom stereocenters. The second-order valence-corrected chi connectivity index (χ2v) is 7.93. The highest BCUT2D eigenvalue weighted by atomic mass is 16.2. The lowest BCUT2D eigenvalue weighted by atomic mass is 9.98. The molecule has 2 aliphatic heterocycles. The Kier molecular flexibility index (Phi) is 4.66. The topological polar surface area (TPSA) is 45.6 Å². The zero-order chi connectivity index (χ0) is 20.7. The number of hydrogen-bond donors (Lipinski definition) is 0. The molecule has 5 rings (SSSR count). The molecule has 0 spiro atoms. The van der Waals surface area contributed by atoms with E-state index in [1.165, 1.54) is 0 Å². The van der Waals surface area contributed by atoms with Crippen LogP contribution in [0, 0.1) is 0 Å². The van der Waals surface area contributed by atoms with Crippen LogP contribution in [0.1, 0.15) is 46.6 Å². The predicted molar refractivity (Wildman–Crippen MR) is 117 cm³/mol. The number of nitrogens with zero attached hydrogens (tertiary/aromatic N) is 3. The van der Waals surface area contributed by atoms with E-state index in [1.807, 2.05) is 59.2 Å². The van der Waals surface area contributed by atoms with Crippen LogP contribution in [0.5, 0.6) is 0 Å². The Morgan fingerprint density at radius 2 is 1.80 bits per heavy atom. The first-order valence-corrected chi connectivity index (χ1v) is 10.6. The molecular formula is C25H25N3O2. The first-order chi connectivity index (χ1) is 14.7. The maximum atomic E-state index is 13.6. The molecule has 3 aromatic rings. The van der Waals surface area contributed by atoms with E-state index in [0.717, 1.165) is 35.5 Å². The lowest BCUT2D eigenvalue weighted by Gasteiger charge is -2.37. The first kappa shape index (κ1) is 18.7. The van der Waals surface area contributed by atoms with E-state index >= 15 is 0 Å². The van der Waals surface area contributed by atoms with Crippen molar-refractivity contribution < 1.29 is 9.59 Å². The van der Waals surface area contributed by atoms with Crippen LogP contribution in [0.15, 0.2) is 66.9 Å². The minimum Gasteiger partial charge on any atom is -0.348 e. The van der Waals surface area contributed by atoms with Crippen LogP contribution in [0.25, 0.3) is 0 Å². The predicted octanol–water partition coefficient (Wildman–Crippen LogP) is 4.03. The van der Waals surface area contributed by atoms with Crippen LogP contribution in [0.2, 0.25) is 0 Å². The molecule has 0 fully saturated rings. The van der Waals surface area contributed by atoms with E-state index in [4.69, 9.17) is 0 Å². The van der Waals surface area contributed by atoms with Crippen molar-refractivity contribution >= 4 is 17.5 Å². The molecule has 2 aromatic carbocycles. The van der Waals surface area contributed by atoms with Gasteiger partial charge in [0.25, 0.3) is 5.91 Å². The van der Waals surface area contributed by atoms with E-state index in [0.29, 0.717) is 25.1 Å². The van der Waals surface area contributed by atoms with Crippen molar-refractivity contribution in [2.75, 3.05) is 18.0 Å². The average molecular weight is 399 g/mol. The fourth-order valence-corrected chi connectivity index (χ4v) is 4.74. The van der Waals surface area contributed by atoms with Crippen molar-refractivity contribution in [1.82, 2.24) is 9.47 Å². The van der Waals surface area contributed by atoms with Crippen LogP contribution in [0.3, 0.4) is 0 Å². The van der Waals surface area contributed by atoms with Gasteiger partial charge in [-0.15, -0.1) is 0 Å². The van der Waals surface area contributed by atoms with Gasteiger partial charge in [0.15, 0.2) is 0 Å². The van der Waals surface area contributed by atoms with E-state index < -0.39 is 0 Å². The highest BCUT2D eigenvalue weighted by Gasteiger charge is 2.33. The zero-order valence-electron chi connectivity index (χ0n) is 17.1. The summed E-state index contributed by atoms with van der Waals surface area (Å²) in [6.45, 7) is 4.04. The Morgan fingerprint density at radius 3 is 2.60 bits per heavy atom. The summed E-state index contributed by atoms with van der Waals surface area (Å²) in [4.78, 5) is 29.6. The normalized spacial score (nSPS) is 17.6. The lowest BCUT2D eigenvalue weighted by molar-refractivity contribution is -0.118. The van der Waals surface area contributed by atoms with Gasteiger partial charge in [-0.25, -0.2) is 0 Å². The Labute approximate surface area is 176 Å². The van der Waals surface area contributed by atoms with Crippen LogP contribution >= 0.6 is 0 Å². The third-order valence-corrected chi connectivity index (χ3v) is 6.24. The number of rotatable bonds is 3. The number of hydrogen-bond acceptors (Lipinski definition) is 2. The Hall–Kier alpha value is -3.34. The number of amides is 2. The second kappa shape index (κ2) is 7.48. The molecular weight excluding hydrogens is 374 g/mol. The average Bonchev–Trinajstić information content (AvgIpc) is 3.44. The maximum absolute atomic E-state index is 13.6. The minimum absolute atomic E-state index is 0.0411. The second-order valence-electron chi connectivity index (χ2n) is 7.93. The number of carbonyl (C=O) groups excluding carboxylic acids is 2. The number of fused-ring (bicyclic) bond motifs is 2. The Bertz CT molecular complexity index is 1100. The highest BCUT2D eigenvalue weighted by molar-refractivity contribution is 5.98. The monoisotopic (exact) mass is 399 g/mol. The fourth-order valence-electron chi connectivity index (χ4n) is 4.74. The Balaban J connectivity index is 1.49. The summed E-state index contributed by atoms with van der Waals surface area (Å²) in [5.41, 5.74) is 4.98. The van der Waals surface area contributed by atoms with Gasteiger partial charge in [0.2, 0.25) is 5.91 Å². The number of benzene rings is 2. The third-order valence-electron chi connectivity index (χ3n) is 6.24. The van der Waals surface area contributed by atoms with Gasteiger partial charge in [-0.1, -0.05) is 37.3 Å². The molecule has 0 N–H and O–H groups in total. The van der Waals surface area contributed by atoms with Crippen LogP contribution < -0.4 is 4.90 Å². The maximum Gasteiger partial charge on any atom is 0.254 e. The van der Waals surface area contributed by atoms with Gasteiger partial charge in [0.05, 0.1) is 6.04 Å². The largest absolute Gasteiger partial charge is 0.348 e. The van der Waals surface area contributed by atoms with Crippen LogP contribution in [-0.2, 0) is 17.8 Å². The molecule has 3 heterocycles. The van der Waals surface area contributed by atoms with Gasteiger partial charge in [0.1, 0.15) is 0 Å². The van der Waals surface area contributed by atoms with E-state index in [9.17, 15) is 9.59 Å². The van der Waals surface area contributed by atoms with E-state index in [2.05, 4.69) is 29.0 Å². The molecule has 2 aliphatic rings. The summed E-state index contributed by atoms with van der Waals surface area (Å²) in [6.07, 6.45) is 3.38. The van der Waals surface area contributed by atoms with Gasteiger partial charge in [0, 0.05) is 49.2 Å². The summed E-state index contributed by atoms with van der Waals surface area (Å²) in [5.74, 6) is 0.174. The van der Waals surface area contributed by atoms with Crippen LogP contribution in [0.4, 0.5) is 5.69 Å². The standard InChI is InChI=1S/C25H25N3O2/c1-2-23(29)27-14-12-19-17-20(10-11-21(19)27)25(30)28-16-15-26-13-6-9-22(26)24(28)18-7-4-3-5-8-18/h3-11,13,17,24H,2,12,14-16H2,1H3/t24-/m0/s1. The first-order valence-electron chi connectivity index (χ1n) is 10.6. The molecule has 5 heteroatoms. The summed E-state index contributed by atoms with van der Waals surface area (Å²) in [7, 11) is 0. The molecule has 30 heavy (non-hydrogen) atoms. The molecule has 0 radical (unpaired) electrons. The van der Waals surface area contributed by atoms with Gasteiger partial charge >= 0.3 is 0 Å². The molecule has 2 amide bonds. The molecule has 0 bridgehead atoms. The summed E-state index contributed by atoms with van der Waals surface area (Å²) in [5, 5.41) is 0. The molecule has 152 valence electrons. The number of aromatic nitrogens is 1. The summed E-state index contributed by atoms with van der Waals surface area (Å²) in [6, 6.07) is 20.1. The van der Waals surface area contributed by atoms with E-state index in [1.54, 1.807) is 0 Å². The number of anilines is 1. The van der Waals surface area contributed by atoms with Crippen molar-refractivity contribution in [1.29, 1.82) is 0 Å². The van der Waals surface area contributed by atoms with Crippen molar-refractivity contribution in [2.24, 2.45) is 0 Å². The van der Waals surface area contributed by atoms with E-state index in [-0.39, 0.29) is 17.9 Å². The van der Waals surface area contributed by atoms with Gasteiger partial charge in [-0.05, 0) is 47.9 Å². The lowest BCUT2D eigenvalue weighted by Crippen LogP contribution is -2.42. The fraction of sp³-hybridized carbons (Fsp3) is 0.280. The molecule has 0 aliphatic carbocycles. The zero-order valence-corrected chi connectivity index (χ0v) is 17.1. The molecule has 0 saturated carbocycles. The quantitative estimate of drug-likeness (QED) is 0.667. The molecule has 5 nitrogen and oxygen atoms in total. The van der Waals surface area contributed by atoms with Crippen molar-refractivity contribution in [3.05, 3.63) is 89.2 Å². The minimum atomic E-state index is -0.103. The highest BCUT2D eigenvalue weighted by Crippen LogP contribution is 2.35.